The summed E-state index contributed by atoms with van der Waals surface area (Å²) < 4.78 is 2.45. The Hall–Kier alpha value is -3.16. The summed E-state index contributed by atoms with van der Waals surface area (Å²) in [5, 5.41) is 0. The van der Waals surface area contributed by atoms with Crippen LogP contribution >= 0.6 is 0 Å². The van der Waals surface area contributed by atoms with Crippen molar-refractivity contribution in [1.29, 1.82) is 0 Å². The molecule has 0 bridgehead atoms. The van der Waals surface area contributed by atoms with Crippen LogP contribution in [0.5, 0.6) is 0 Å². The molecule has 3 heterocycles. The van der Waals surface area contributed by atoms with Crippen molar-refractivity contribution in [3.05, 3.63) is 69.0 Å². The second kappa shape index (κ2) is 9.97. The zero-order chi connectivity index (χ0) is 22.5. The lowest BCUT2D eigenvalue weighted by Crippen LogP contribution is -2.46. The highest BCUT2D eigenvalue weighted by Gasteiger charge is 2.27. The van der Waals surface area contributed by atoms with Gasteiger partial charge in [0, 0.05) is 44.9 Å². The number of aromatic nitrogens is 2. The predicted octanol–water partition coefficient (Wildman–Crippen LogP) is 1.31. The summed E-state index contributed by atoms with van der Waals surface area (Å²) in [5.74, 6) is 0.280. The highest BCUT2D eigenvalue weighted by molar-refractivity contribution is 5.77. The van der Waals surface area contributed by atoms with Crippen LogP contribution in [-0.2, 0) is 22.7 Å². The van der Waals surface area contributed by atoms with Crippen LogP contribution in [0.15, 0.2) is 52.2 Å². The largest absolute Gasteiger partial charge is 0.343 e. The number of carbonyl (C=O) groups is 2. The number of carbonyl (C=O) groups excluding carboxylic acids is 2. The third-order valence-corrected chi connectivity index (χ3v) is 6.52. The van der Waals surface area contributed by atoms with E-state index in [2.05, 4.69) is 0 Å². The van der Waals surface area contributed by atoms with Crippen molar-refractivity contribution >= 4 is 11.8 Å². The quantitative estimate of drug-likeness (QED) is 0.681. The Morgan fingerprint density at radius 1 is 0.844 bits per heavy atom. The summed E-state index contributed by atoms with van der Waals surface area (Å²) in [4.78, 5) is 54.0. The molecule has 0 N–H and O–H groups in total. The molecule has 170 valence electrons. The molecule has 0 radical (unpaired) electrons. The van der Waals surface area contributed by atoms with Crippen LogP contribution in [0, 0.1) is 5.92 Å². The molecule has 8 heteroatoms. The zero-order valence-corrected chi connectivity index (χ0v) is 18.3. The Labute approximate surface area is 187 Å². The Balaban J connectivity index is 1.35. The molecule has 4 rings (SSSR count). The number of likely N-dealkylation sites (tertiary alicyclic amines) is 2. The standard InChI is InChI=1S/C24H30N4O4/c29-21-10-15-27(17-20-6-2-1-3-7-20)24(32)28(21)18-23(31)26-13-8-19(9-14-26)16-22(30)25-11-4-5-12-25/h1-3,6-7,10,15,19H,4-5,8-9,11-14,16-18H2. The van der Waals surface area contributed by atoms with Gasteiger partial charge in [0.05, 0.1) is 6.54 Å². The van der Waals surface area contributed by atoms with Crippen molar-refractivity contribution in [3.8, 4) is 0 Å². The van der Waals surface area contributed by atoms with E-state index >= 15 is 0 Å². The fourth-order valence-corrected chi connectivity index (χ4v) is 4.57. The van der Waals surface area contributed by atoms with E-state index in [1.807, 2.05) is 35.2 Å². The molecule has 0 spiro atoms. The van der Waals surface area contributed by atoms with Crippen molar-refractivity contribution in [2.75, 3.05) is 26.2 Å². The molecule has 1 aromatic carbocycles. The fraction of sp³-hybridized carbons (Fsp3) is 0.500. The maximum atomic E-state index is 12.8. The molecule has 32 heavy (non-hydrogen) atoms. The van der Waals surface area contributed by atoms with Crippen LogP contribution < -0.4 is 11.2 Å². The van der Waals surface area contributed by atoms with Gasteiger partial charge in [-0.05, 0) is 37.2 Å². The van der Waals surface area contributed by atoms with Gasteiger partial charge in [-0.1, -0.05) is 30.3 Å². The highest BCUT2D eigenvalue weighted by atomic mass is 16.2. The lowest BCUT2D eigenvalue weighted by atomic mass is 9.93. The van der Waals surface area contributed by atoms with E-state index in [-0.39, 0.29) is 24.3 Å². The van der Waals surface area contributed by atoms with Gasteiger partial charge in [0.2, 0.25) is 11.8 Å². The molecule has 0 unspecified atom stereocenters. The first-order valence-corrected chi connectivity index (χ1v) is 11.4. The van der Waals surface area contributed by atoms with Crippen LogP contribution in [0.2, 0.25) is 0 Å². The molecule has 0 atom stereocenters. The lowest BCUT2D eigenvalue weighted by Gasteiger charge is -2.32. The van der Waals surface area contributed by atoms with E-state index in [0.717, 1.165) is 48.9 Å². The first kappa shape index (κ1) is 22.0. The van der Waals surface area contributed by atoms with Crippen LogP contribution in [0.25, 0.3) is 0 Å². The van der Waals surface area contributed by atoms with E-state index in [9.17, 15) is 19.2 Å². The normalized spacial score (nSPS) is 17.0. The molecule has 0 aliphatic carbocycles. The SMILES string of the molecule is O=C(CC1CCN(C(=O)Cn2c(=O)ccn(Cc3ccccc3)c2=O)CC1)N1CCCC1. The first-order valence-electron chi connectivity index (χ1n) is 11.4. The van der Waals surface area contributed by atoms with Crippen LogP contribution in [-0.4, -0.2) is 56.9 Å². The van der Waals surface area contributed by atoms with Gasteiger partial charge in [-0.15, -0.1) is 0 Å². The van der Waals surface area contributed by atoms with Gasteiger partial charge >= 0.3 is 5.69 Å². The number of rotatable bonds is 6. The molecule has 8 nitrogen and oxygen atoms in total. The van der Waals surface area contributed by atoms with E-state index in [4.69, 9.17) is 0 Å². The van der Waals surface area contributed by atoms with E-state index < -0.39 is 11.2 Å². The van der Waals surface area contributed by atoms with Crippen molar-refractivity contribution in [1.82, 2.24) is 18.9 Å². The highest BCUT2D eigenvalue weighted by Crippen LogP contribution is 2.22. The summed E-state index contributed by atoms with van der Waals surface area (Å²) in [7, 11) is 0. The zero-order valence-electron chi connectivity index (χ0n) is 18.3. The fourth-order valence-electron chi connectivity index (χ4n) is 4.57. The van der Waals surface area contributed by atoms with Gasteiger partial charge in [-0.2, -0.15) is 0 Å². The average Bonchev–Trinajstić information content (AvgIpc) is 3.35. The van der Waals surface area contributed by atoms with Gasteiger partial charge in [0.15, 0.2) is 0 Å². The molecule has 2 amide bonds. The molecule has 2 saturated heterocycles. The maximum absolute atomic E-state index is 12.8. The summed E-state index contributed by atoms with van der Waals surface area (Å²) >= 11 is 0. The van der Waals surface area contributed by atoms with E-state index in [1.165, 1.54) is 16.8 Å². The monoisotopic (exact) mass is 438 g/mol. The minimum absolute atomic E-state index is 0.224. The Kier molecular flexibility index (Phi) is 6.87. The second-order valence-corrected chi connectivity index (χ2v) is 8.75. The minimum Gasteiger partial charge on any atom is -0.343 e. The second-order valence-electron chi connectivity index (χ2n) is 8.75. The number of nitrogens with zero attached hydrogens (tertiary/aromatic N) is 4. The first-order chi connectivity index (χ1) is 15.5. The third-order valence-electron chi connectivity index (χ3n) is 6.52. The van der Waals surface area contributed by atoms with E-state index in [0.29, 0.717) is 26.1 Å². The van der Waals surface area contributed by atoms with Crippen molar-refractivity contribution in [3.63, 3.8) is 0 Å². The van der Waals surface area contributed by atoms with Gasteiger partial charge in [0.25, 0.3) is 5.56 Å². The van der Waals surface area contributed by atoms with Crippen molar-refractivity contribution in [2.24, 2.45) is 5.92 Å². The predicted molar refractivity (Wildman–Crippen MR) is 120 cm³/mol. The molecule has 1 aromatic heterocycles. The number of amides is 2. The minimum atomic E-state index is -0.485. The van der Waals surface area contributed by atoms with Crippen LogP contribution in [0.3, 0.4) is 0 Å². The van der Waals surface area contributed by atoms with E-state index in [1.54, 1.807) is 4.90 Å². The van der Waals surface area contributed by atoms with Gasteiger partial charge < -0.3 is 9.80 Å². The third kappa shape index (κ3) is 5.18. The molecule has 0 saturated carbocycles. The molecule has 2 aliphatic rings. The smallest absolute Gasteiger partial charge is 0.331 e. The number of hydrogen-bond donors (Lipinski definition) is 0. The summed E-state index contributed by atoms with van der Waals surface area (Å²) in [5.41, 5.74) is -0.0174. The number of piperidine rings is 1. The molecular formula is C24H30N4O4. The maximum Gasteiger partial charge on any atom is 0.331 e. The molecule has 2 aliphatic heterocycles. The van der Waals surface area contributed by atoms with Crippen molar-refractivity contribution < 1.29 is 9.59 Å². The van der Waals surface area contributed by atoms with Crippen molar-refractivity contribution in [2.45, 2.75) is 45.2 Å². The van der Waals surface area contributed by atoms with Gasteiger partial charge in [-0.3, -0.25) is 23.5 Å². The summed E-state index contributed by atoms with van der Waals surface area (Å²) in [6, 6.07) is 10.8. The molecule has 2 fully saturated rings. The molecule has 2 aromatic rings. The summed E-state index contributed by atoms with van der Waals surface area (Å²) in [6.07, 6.45) is 5.74. The number of hydrogen-bond acceptors (Lipinski definition) is 4. The Morgan fingerprint density at radius 2 is 1.50 bits per heavy atom. The lowest BCUT2D eigenvalue weighted by molar-refractivity contribution is -0.134. The summed E-state index contributed by atoms with van der Waals surface area (Å²) in [6.45, 7) is 2.91. The topological polar surface area (TPSA) is 84.6 Å². The molecular weight excluding hydrogens is 408 g/mol. The Morgan fingerprint density at radius 3 is 2.19 bits per heavy atom. The van der Waals surface area contributed by atoms with Crippen LogP contribution in [0.4, 0.5) is 0 Å². The Bertz CT molecular complexity index is 1060. The van der Waals surface area contributed by atoms with Gasteiger partial charge in [-0.25, -0.2) is 4.79 Å². The van der Waals surface area contributed by atoms with Gasteiger partial charge in [0.1, 0.15) is 6.54 Å². The number of benzene rings is 1. The average molecular weight is 439 g/mol. The van der Waals surface area contributed by atoms with Crippen LogP contribution in [0.1, 0.15) is 37.7 Å².